The molecule has 4 fully saturated rings. The number of hydrogen-bond donors (Lipinski definition) is 0. The van der Waals surface area contributed by atoms with Crippen molar-refractivity contribution in [3.63, 3.8) is 0 Å². The number of imidazole rings is 1. The molecule has 0 N–H and O–H groups in total. The van der Waals surface area contributed by atoms with E-state index >= 15 is 0 Å². The lowest BCUT2D eigenvalue weighted by Crippen LogP contribution is -2.63. The van der Waals surface area contributed by atoms with Crippen molar-refractivity contribution in [2.75, 3.05) is 19.6 Å². The van der Waals surface area contributed by atoms with E-state index in [0.29, 0.717) is 24.0 Å². The molecule has 0 radical (unpaired) electrons. The third-order valence-corrected chi connectivity index (χ3v) is 8.09. The third-order valence-electron chi connectivity index (χ3n) is 8.09. The van der Waals surface area contributed by atoms with Gasteiger partial charge < -0.3 is 4.57 Å². The maximum atomic E-state index is 13.9. The van der Waals surface area contributed by atoms with Gasteiger partial charge in [0, 0.05) is 43.6 Å². The van der Waals surface area contributed by atoms with Gasteiger partial charge in [0.15, 0.2) is 0 Å². The fourth-order valence-electron chi connectivity index (χ4n) is 6.67. The molecular weight excluding hydrogens is 375 g/mol. The molecule has 3 saturated heterocycles. The van der Waals surface area contributed by atoms with Crippen molar-refractivity contribution < 1.29 is 4.39 Å². The van der Waals surface area contributed by atoms with Crippen LogP contribution in [0.2, 0.25) is 0 Å². The lowest BCUT2D eigenvalue weighted by molar-refractivity contribution is -0.0735. The molecule has 1 saturated carbocycles. The average molecular weight is 409 g/mol. The summed E-state index contributed by atoms with van der Waals surface area (Å²) in [7, 11) is 0. The number of rotatable bonds is 5. The predicted molar refractivity (Wildman–Crippen MR) is 116 cm³/mol. The standard InChI is InChI=1S/C25H33FN4/c26-21-5-3-4-18(12-21)13-24-20-14-19(23-6-1-2-10-30(23)24)15-28(16-20)17-25-27-9-11-29(25)22-7-8-22/h3-5,9,11-12,19-20,22-24H,1-2,6-8,10,13-17H2/t19-,20+,23+,24+/m1/s1. The molecule has 6 rings (SSSR count). The molecule has 2 aromatic rings. The van der Waals surface area contributed by atoms with Crippen molar-refractivity contribution in [2.45, 2.75) is 69.6 Å². The zero-order valence-corrected chi connectivity index (χ0v) is 17.8. The maximum Gasteiger partial charge on any atom is 0.123 e. The molecule has 0 unspecified atom stereocenters. The van der Waals surface area contributed by atoms with Gasteiger partial charge in [0.1, 0.15) is 11.6 Å². The van der Waals surface area contributed by atoms with Gasteiger partial charge >= 0.3 is 0 Å². The molecule has 4 heterocycles. The van der Waals surface area contributed by atoms with Crippen LogP contribution in [-0.4, -0.2) is 51.1 Å². The minimum Gasteiger partial charge on any atom is -0.331 e. The van der Waals surface area contributed by atoms with Crippen LogP contribution in [0.15, 0.2) is 36.7 Å². The van der Waals surface area contributed by atoms with Crippen LogP contribution in [0.4, 0.5) is 4.39 Å². The van der Waals surface area contributed by atoms with Gasteiger partial charge in [0.05, 0.1) is 6.54 Å². The smallest absolute Gasteiger partial charge is 0.123 e. The van der Waals surface area contributed by atoms with Crippen LogP contribution in [0.3, 0.4) is 0 Å². The van der Waals surface area contributed by atoms with E-state index in [9.17, 15) is 4.39 Å². The van der Waals surface area contributed by atoms with E-state index in [4.69, 9.17) is 4.98 Å². The monoisotopic (exact) mass is 408 g/mol. The Balaban J connectivity index is 1.24. The highest BCUT2D eigenvalue weighted by molar-refractivity contribution is 5.19. The Kier molecular flexibility index (Phi) is 4.91. The second-order valence-corrected chi connectivity index (χ2v) is 10.1. The number of nitrogens with zero attached hydrogens (tertiary/aromatic N) is 4. The fraction of sp³-hybridized carbons (Fsp3) is 0.640. The summed E-state index contributed by atoms with van der Waals surface area (Å²) in [5, 5.41) is 0. The fourth-order valence-corrected chi connectivity index (χ4v) is 6.67. The van der Waals surface area contributed by atoms with Gasteiger partial charge in [-0.15, -0.1) is 0 Å². The van der Waals surface area contributed by atoms with Crippen molar-refractivity contribution in [3.8, 4) is 0 Å². The average Bonchev–Trinajstić information content (AvgIpc) is 3.50. The van der Waals surface area contributed by atoms with E-state index in [1.807, 2.05) is 12.3 Å². The third kappa shape index (κ3) is 3.60. The summed E-state index contributed by atoms with van der Waals surface area (Å²) in [5.41, 5.74) is 1.16. The van der Waals surface area contributed by atoms with E-state index in [1.165, 1.54) is 57.4 Å². The highest BCUT2D eigenvalue weighted by atomic mass is 19.1. The molecule has 4 atom stereocenters. The molecular formula is C25H33FN4. The first kappa shape index (κ1) is 19.0. The Morgan fingerprint density at radius 3 is 2.83 bits per heavy atom. The summed E-state index contributed by atoms with van der Waals surface area (Å²) in [4.78, 5) is 10.2. The molecule has 2 bridgehead atoms. The first-order chi connectivity index (χ1) is 14.7. The van der Waals surface area contributed by atoms with Gasteiger partial charge in [0.2, 0.25) is 0 Å². The molecule has 0 amide bonds. The van der Waals surface area contributed by atoms with Crippen molar-refractivity contribution in [1.29, 1.82) is 0 Å². The van der Waals surface area contributed by atoms with Crippen molar-refractivity contribution in [3.05, 3.63) is 53.9 Å². The Bertz CT molecular complexity index is 891. The predicted octanol–water partition coefficient (Wildman–Crippen LogP) is 4.27. The summed E-state index contributed by atoms with van der Waals surface area (Å²) in [6.07, 6.45) is 13.1. The van der Waals surface area contributed by atoms with Crippen LogP contribution in [0.5, 0.6) is 0 Å². The molecule has 4 nitrogen and oxygen atoms in total. The van der Waals surface area contributed by atoms with Gasteiger partial charge in [-0.25, -0.2) is 9.37 Å². The van der Waals surface area contributed by atoms with Crippen molar-refractivity contribution in [2.24, 2.45) is 11.8 Å². The van der Waals surface area contributed by atoms with Crippen molar-refractivity contribution >= 4 is 0 Å². The summed E-state index contributed by atoms with van der Waals surface area (Å²) in [6.45, 7) is 4.57. The first-order valence-electron chi connectivity index (χ1n) is 12.0. The Hall–Kier alpha value is -1.72. The second-order valence-electron chi connectivity index (χ2n) is 10.1. The molecule has 4 aliphatic rings. The number of benzene rings is 1. The van der Waals surface area contributed by atoms with Gasteiger partial charge in [0.25, 0.3) is 0 Å². The summed E-state index contributed by atoms with van der Waals surface area (Å²) in [6, 6.07) is 9.24. The van der Waals surface area contributed by atoms with Crippen molar-refractivity contribution in [1.82, 2.24) is 19.4 Å². The molecule has 160 valence electrons. The van der Waals surface area contributed by atoms with Crippen LogP contribution in [0.25, 0.3) is 0 Å². The SMILES string of the molecule is Fc1cccc(C[C@H]2[C@H]3C[C@H](CN(Cc4nccn4C4CC4)C3)[C@@H]3CCCCN32)c1. The lowest BCUT2D eigenvalue weighted by atomic mass is 9.71. The quantitative estimate of drug-likeness (QED) is 0.738. The lowest BCUT2D eigenvalue weighted by Gasteiger charge is -2.57. The first-order valence-corrected chi connectivity index (χ1v) is 12.0. The zero-order valence-electron chi connectivity index (χ0n) is 17.8. The van der Waals surface area contributed by atoms with Crippen LogP contribution in [0.1, 0.15) is 56.0 Å². The van der Waals surface area contributed by atoms with Crippen LogP contribution in [-0.2, 0) is 13.0 Å². The number of fused-ring (bicyclic) bond motifs is 4. The van der Waals surface area contributed by atoms with E-state index in [-0.39, 0.29) is 5.82 Å². The Morgan fingerprint density at radius 1 is 1.07 bits per heavy atom. The molecule has 0 spiro atoms. The molecule has 30 heavy (non-hydrogen) atoms. The topological polar surface area (TPSA) is 24.3 Å². The van der Waals surface area contributed by atoms with E-state index in [1.54, 1.807) is 12.1 Å². The summed E-state index contributed by atoms with van der Waals surface area (Å²) in [5.74, 6) is 2.59. The van der Waals surface area contributed by atoms with Gasteiger partial charge in [-0.05, 0) is 74.6 Å². The largest absolute Gasteiger partial charge is 0.331 e. The van der Waals surface area contributed by atoms with Crippen LogP contribution < -0.4 is 0 Å². The molecule has 1 aliphatic carbocycles. The zero-order chi connectivity index (χ0) is 20.1. The molecule has 5 heteroatoms. The van der Waals surface area contributed by atoms with Gasteiger partial charge in [-0.1, -0.05) is 18.6 Å². The number of piperidine rings is 3. The second kappa shape index (κ2) is 7.76. The highest BCUT2D eigenvalue weighted by Crippen LogP contribution is 2.43. The number of hydrogen-bond acceptors (Lipinski definition) is 3. The summed E-state index contributed by atoms with van der Waals surface area (Å²) < 4.78 is 16.3. The number of aromatic nitrogens is 2. The Labute approximate surface area is 179 Å². The minimum absolute atomic E-state index is 0.103. The van der Waals surface area contributed by atoms with Crippen LogP contribution in [0, 0.1) is 17.7 Å². The molecule has 1 aromatic carbocycles. The van der Waals surface area contributed by atoms with Gasteiger partial charge in [-0.2, -0.15) is 0 Å². The van der Waals surface area contributed by atoms with E-state index in [2.05, 4.69) is 26.6 Å². The Morgan fingerprint density at radius 2 is 1.97 bits per heavy atom. The number of halogens is 1. The maximum absolute atomic E-state index is 13.9. The summed E-state index contributed by atoms with van der Waals surface area (Å²) >= 11 is 0. The molecule has 3 aliphatic heterocycles. The highest BCUT2D eigenvalue weighted by Gasteiger charge is 2.47. The number of likely N-dealkylation sites (tertiary alicyclic amines) is 1. The minimum atomic E-state index is -0.103. The molecule has 1 aromatic heterocycles. The normalized spacial score (nSPS) is 32.2. The van der Waals surface area contributed by atoms with E-state index < -0.39 is 0 Å². The van der Waals surface area contributed by atoms with Gasteiger partial charge in [-0.3, -0.25) is 9.80 Å². The van der Waals surface area contributed by atoms with E-state index in [0.717, 1.165) is 31.0 Å². The van der Waals surface area contributed by atoms with Crippen LogP contribution >= 0.6 is 0 Å².